The minimum atomic E-state index is -1.68. The maximum absolute atomic E-state index is 12.5. The second kappa shape index (κ2) is 8.38. The first-order chi connectivity index (χ1) is 15.8. The molecule has 0 aliphatic heterocycles. The van der Waals surface area contributed by atoms with Crippen LogP contribution in [0.15, 0.2) is 60.7 Å². The highest BCUT2D eigenvalue weighted by molar-refractivity contribution is 6.02. The summed E-state index contributed by atoms with van der Waals surface area (Å²) in [5.41, 5.74) is 0.660. The highest BCUT2D eigenvalue weighted by Gasteiger charge is 2.31. The van der Waals surface area contributed by atoms with Crippen molar-refractivity contribution in [2.45, 2.75) is 5.92 Å². The van der Waals surface area contributed by atoms with Gasteiger partial charge in [0.05, 0.1) is 21.5 Å². The first kappa shape index (κ1) is 21.4. The number of rotatable bonds is 6. The molecule has 1 aliphatic carbocycles. The van der Waals surface area contributed by atoms with Crippen LogP contribution in [0.25, 0.3) is 11.1 Å². The van der Waals surface area contributed by atoms with Crippen molar-refractivity contribution >= 4 is 29.1 Å². The minimum Gasteiger partial charge on any atom is -0.478 e. The van der Waals surface area contributed by atoms with Crippen molar-refractivity contribution in [3.63, 3.8) is 0 Å². The van der Waals surface area contributed by atoms with Crippen molar-refractivity contribution < 1.29 is 29.3 Å². The number of amides is 1. The Labute approximate surface area is 185 Å². The van der Waals surface area contributed by atoms with Crippen LogP contribution in [0, 0.1) is 20.2 Å². The molecule has 0 spiro atoms. The summed E-state index contributed by atoms with van der Waals surface area (Å²) in [6.07, 6.45) is -1.13. The normalized spacial score (nSPS) is 11.9. The molecule has 33 heavy (non-hydrogen) atoms. The summed E-state index contributed by atoms with van der Waals surface area (Å²) >= 11 is 0. The van der Waals surface area contributed by atoms with Crippen LogP contribution in [0.3, 0.4) is 0 Å². The van der Waals surface area contributed by atoms with E-state index in [1.807, 2.05) is 48.5 Å². The molecule has 0 fully saturated rings. The molecule has 0 saturated heterocycles. The third-order valence-corrected chi connectivity index (χ3v) is 5.31. The third kappa shape index (κ3) is 3.94. The summed E-state index contributed by atoms with van der Waals surface area (Å²) < 4.78 is 5.29. The highest BCUT2D eigenvalue weighted by Crippen LogP contribution is 2.44. The van der Waals surface area contributed by atoms with Gasteiger partial charge in [0, 0.05) is 12.0 Å². The van der Waals surface area contributed by atoms with Crippen molar-refractivity contribution in [1.29, 1.82) is 0 Å². The maximum atomic E-state index is 12.5. The molecule has 11 heteroatoms. The van der Waals surface area contributed by atoms with Crippen molar-refractivity contribution in [3.05, 3.63) is 97.6 Å². The molecule has 0 radical (unpaired) electrons. The molecule has 0 saturated carbocycles. The van der Waals surface area contributed by atoms with Crippen LogP contribution >= 0.6 is 0 Å². The molecule has 2 N–H and O–H groups in total. The second-order valence-electron chi connectivity index (χ2n) is 7.16. The van der Waals surface area contributed by atoms with Gasteiger partial charge < -0.3 is 9.84 Å². The van der Waals surface area contributed by atoms with Crippen molar-refractivity contribution in [3.8, 4) is 11.1 Å². The summed E-state index contributed by atoms with van der Waals surface area (Å²) in [5, 5.41) is 33.9. The summed E-state index contributed by atoms with van der Waals surface area (Å²) in [6, 6.07) is 16.4. The molecule has 0 atom stereocenters. The molecule has 166 valence electrons. The molecule has 0 heterocycles. The number of ether oxygens (including phenoxy) is 1. The molecular formula is C22H15N3O8. The number of carbonyl (C=O) groups is 2. The third-order valence-electron chi connectivity index (χ3n) is 5.31. The number of aromatic carboxylic acids is 1. The number of carbonyl (C=O) groups excluding carboxylic acids is 1. The van der Waals surface area contributed by atoms with E-state index in [1.165, 1.54) is 0 Å². The smallest absolute Gasteiger partial charge is 0.411 e. The van der Waals surface area contributed by atoms with Gasteiger partial charge in [-0.05, 0) is 22.3 Å². The minimum absolute atomic E-state index is 0.108. The molecule has 0 bridgehead atoms. The van der Waals surface area contributed by atoms with Crippen LogP contribution in [0.1, 0.15) is 27.4 Å². The van der Waals surface area contributed by atoms with Gasteiger partial charge in [0.1, 0.15) is 12.3 Å². The summed E-state index contributed by atoms with van der Waals surface area (Å²) in [5.74, 6) is -1.97. The molecule has 0 unspecified atom stereocenters. The van der Waals surface area contributed by atoms with Crippen molar-refractivity contribution in [2.24, 2.45) is 0 Å². The molecule has 1 aliphatic rings. The Kier molecular flexibility index (Phi) is 5.44. The first-order valence-electron chi connectivity index (χ1n) is 9.60. The fourth-order valence-corrected chi connectivity index (χ4v) is 3.90. The zero-order valence-corrected chi connectivity index (χ0v) is 16.8. The fraction of sp³-hybridized carbons (Fsp3) is 0.0909. The zero-order valence-electron chi connectivity index (χ0n) is 16.8. The number of hydrogen-bond acceptors (Lipinski definition) is 7. The number of nitro benzene ring substituents is 2. The van der Waals surface area contributed by atoms with E-state index in [-0.39, 0.29) is 12.5 Å². The molecule has 1 amide bonds. The number of nitro groups is 2. The van der Waals surface area contributed by atoms with Gasteiger partial charge in [-0.1, -0.05) is 48.5 Å². The molecule has 11 nitrogen and oxygen atoms in total. The van der Waals surface area contributed by atoms with Crippen LogP contribution in [-0.4, -0.2) is 33.6 Å². The van der Waals surface area contributed by atoms with Crippen LogP contribution in [0.5, 0.6) is 0 Å². The lowest BCUT2D eigenvalue weighted by Gasteiger charge is -2.15. The standard InChI is InChI=1S/C22H15N3O8/c26-21(27)17-9-12(24(29)30)10-19(25(31)32)20(17)23-22(28)33-11-18-15-7-3-1-5-13(15)14-6-2-4-8-16(14)18/h1-10,18H,11H2,(H,23,28)(H,26,27). The summed E-state index contributed by atoms with van der Waals surface area (Å²) in [4.78, 5) is 44.5. The summed E-state index contributed by atoms with van der Waals surface area (Å²) in [7, 11) is 0. The Hall–Kier alpha value is -4.80. The highest BCUT2D eigenvalue weighted by atomic mass is 16.6. The lowest BCUT2D eigenvalue weighted by Crippen LogP contribution is -2.20. The Balaban J connectivity index is 1.60. The Morgan fingerprint density at radius 3 is 2.03 bits per heavy atom. The molecule has 4 rings (SSSR count). The average Bonchev–Trinajstić information content (AvgIpc) is 3.11. The first-order valence-corrected chi connectivity index (χ1v) is 9.60. The largest absolute Gasteiger partial charge is 0.478 e. The number of carboxylic acid groups (broad SMARTS) is 1. The lowest BCUT2D eigenvalue weighted by atomic mass is 9.98. The number of nitrogens with zero attached hydrogens (tertiary/aromatic N) is 2. The molecule has 0 aromatic heterocycles. The van der Waals surface area contributed by atoms with E-state index in [9.17, 15) is 34.9 Å². The maximum Gasteiger partial charge on any atom is 0.411 e. The quantitative estimate of drug-likeness (QED) is 0.409. The Morgan fingerprint density at radius 2 is 1.52 bits per heavy atom. The number of nitrogens with one attached hydrogen (secondary N) is 1. The van der Waals surface area contributed by atoms with Gasteiger partial charge in [0.25, 0.3) is 5.69 Å². The van der Waals surface area contributed by atoms with E-state index < -0.39 is 44.5 Å². The van der Waals surface area contributed by atoms with Gasteiger partial charge in [0.2, 0.25) is 0 Å². The van der Waals surface area contributed by atoms with E-state index in [2.05, 4.69) is 5.32 Å². The monoisotopic (exact) mass is 449 g/mol. The lowest BCUT2D eigenvalue weighted by molar-refractivity contribution is -0.393. The van der Waals surface area contributed by atoms with E-state index >= 15 is 0 Å². The van der Waals surface area contributed by atoms with Crippen molar-refractivity contribution in [1.82, 2.24) is 0 Å². The van der Waals surface area contributed by atoms with Gasteiger partial charge in [-0.2, -0.15) is 0 Å². The van der Waals surface area contributed by atoms with Gasteiger partial charge in [0.15, 0.2) is 0 Å². The second-order valence-corrected chi connectivity index (χ2v) is 7.16. The number of fused-ring (bicyclic) bond motifs is 3. The number of benzene rings is 3. The van der Waals surface area contributed by atoms with Crippen LogP contribution in [-0.2, 0) is 4.74 Å². The Bertz CT molecular complexity index is 1240. The van der Waals surface area contributed by atoms with Crippen LogP contribution in [0.2, 0.25) is 0 Å². The molecule has 3 aromatic rings. The SMILES string of the molecule is O=C(Nc1c(C(=O)O)cc([N+](=O)[O-])cc1[N+](=O)[O-])OCC1c2ccccc2-c2ccccc21. The number of anilines is 1. The fourth-order valence-electron chi connectivity index (χ4n) is 3.90. The van der Waals surface area contributed by atoms with Crippen LogP contribution < -0.4 is 5.32 Å². The molecule has 3 aromatic carbocycles. The number of hydrogen-bond donors (Lipinski definition) is 2. The molecular weight excluding hydrogens is 434 g/mol. The average molecular weight is 449 g/mol. The van der Waals surface area contributed by atoms with Gasteiger partial charge in [-0.3, -0.25) is 25.5 Å². The predicted molar refractivity (Wildman–Crippen MR) is 115 cm³/mol. The van der Waals surface area contributed by atoms with Crippen LogP contribution in [0.4, 0.5) is 21.9 Å². The zero-order chi connectivity index (χ0) is 23.7. The Morgan fingerprint density at radius 1 is 0.939 bits per heavy atom. The predicted octanol–water partition coefficient (Wildman–Crippen LogP) is 4.56. The van der Waals surface area contributed by atoms with E-state index in [0.29, 0.717) is 12.1 Å². The van der Waals surface area contributed by atoms with E-state index in [4.69, 9.17) is 4.74 Å². The van der Waals surface area contributed by atoms with Gasteiger partial charge in [-0.25, -0.2) is 9.59 Å². The summed E-state index contributed by atoms with van der Waals surface area (Å²) in [6.45, 7) is -0.108. The topological polar surface area (TPSA) is 162 Å². The van der Waals surface area contributed by atoms with Gasteiger partial charge >= 0.3 is 17.7 Å². The van der Waals surface area contributed by atoms with Gasteiger partial charge in [-0.15, -0.1) is 0 Å². The van der Waals surface area contributed by atoms with E-state index in [1.54, 1.807) is 0 Å². The van der Waals surface area contributed by atoms with E-state index in [0.717, 1.165) is 22.3 Å². The number of non-ortho nitro benzene ring substituents is 1. The van der Waals surface area contributed by atoms with Crippen molar-refractivity contribution in [2.75, 3.05) is 11.9 Å². The number of carboxylic acids is 1.